The molecule has 0 saturated heterocycles. The van der Waals surface area contributed by atoms with E-state index in [1.807, 2.05) is 31.4 Å². The molecule has 2 aromatic carbocycles. The molecule has 0 amide bonds. The molecule has 6 nitrogen and oxygen atoms in total. The number of hydrogen-bond donors (Lipinski definition) is 1. The maximum atomic E-state index is 12.6. The van der Waals surface area contributed by atoms with Crippen LogP contribution < -0.4 is 5.43 Å². The molecule has 3 rings (SSSR count). The van der Waals surface area contributed by atoms with E-state index in [1.54, 1.807) is 30.5 Å². The Morgan fingerprint density at radius 2 is 1.66 bits per heavy atom. The van der Waals surface area contributed by atoms with Crippen LogP contribution >= 0.6 is 11.3 Å². The summed E-state index contributed by atoms with van der Waals surface area (Å²) in [4.78, 5) is 4.84. The van der Waals surface area contributed by atoms with E-state index >= 15 is 0 Å². The number of nitrogens with zero attached hydrogens (tertiary/aromatic N) is 3. The van der Waals surface area contributed by atoms with Gasteiger partial charge < -0.3 is 0 Å². The lowest BCUT2D eigenvalue weighted by molar-refractivity contribution is 0.445. The van der Waals surface area contributed by atoms with Crippen LogP contribution in [0.3, 0.4) is 0 Å². The van der Waals surface area contributed by atoms with Crippen molar-refractivity contribution in [1.29, 1.82) is 0 Å². The minimum atomic E-state index is -3.46. The van der Waals surface area contributed by atoms with Gasteiger partial charge in [-0.1, -0.05) is 71.0 Å². The molecule has 1 heterocycles. The van der Waals surface area contributed by atoms with Gasteiger partial charge in [-0.15, -0.1) is 11.3 Å². The van der Waals surface area contributed by atoms with Crippen LogP contribution in [0, 0.1) is 0 Å². The molecular weight excluding hydrogens is 440 g/mol. The molecule has 0 unspecified atom stereocenters. The van der Waals surface area contributed by atoms with E-state index < -0.39 is 10.0 Å². The Bertz CT molecular complexity index is 1160. The van der Waals surface area contributed by atoms with Gasteiger partial charge in [-0.05, 0) is 28.7 Å². The Hall–Kier alpha value is -2.55. The highest BCUT2D eigenvalue weighted by molar-refractivity contribution is 7.89. The average Bonchev–Trinajstić information content (AvgIpc) is 3.23. The van der Waals surface area contributed by atoms with Gasteiger partial charge in [0.15, 0.2) is 0 Å². The van der Waals surface area contributed by atoms with Crippen LogP contribution in [0.2, 0.25) is 0 Å². The van der Waals surface area contributed by atoms with Crippen LogP contribution in [0.1, 0.15) is 45.7 Å². The summed E-state index contributed by atoms with van der Waals surface area (Å²) in [5.74, 6) is 0. The van der Waals surface area contributed by atoms with Gasteiger partial charge in [0.05, 0.1) is 16.8 Å². The van der Waals surface area contributed by atoms with E-state index in [0.717, 1.165) is 16.8 Å². The molecule has 170 valence electrons. The predicted octanol–water partition coefficient (Wildman–Crippen LogP) is 5.58. The largest absolute Gasteiger partial charge is 0.253 e. The van der Waals surface area contributed by atoms with Crippen LogP contribution in [0.15, 0.2) is 63.9 Å². The Morgan fingerprint density at radius 3 is 2.22 bits per heavy atom. The minimum Gasteiger partial charge on any atom is -0.253 e. The zero-order chi connectivity index (χ0) is 23.4. The second-order valence-corrected chi connectivity index (χ2v) is 11.2. The first kappa shape index (κ1) is 24.1. The van der Waals surface area contributed by atoms with E-state index in [1.165, 1.54) is 21.2 Å². The van der Waals surface area contributed by atoms with Crippen LogP contribution in [-0.4, -0.2) is 37.0 Å². The Labute approximate surface area is 195 Å². The average molecular weight is 471 g/mol. The highest BCUT2D eigenvalue weighted by atomic mass is 32.2. The van der Waals surface area contributed by atoms with Gasteiger partial charge in [0, 0.05) is 24.0 Å². The molecule has 0 radical (unpaired) electrons. The van der Waals surface area contributed by atoms with Crippen LogP contribution in [-0.2, 0) is 15.4 Å². The number of thiazole rings is 1. The van der Waals surface area contributed by atoms with Gasteiger partial charge in [-0.2, -0.15) is 9.41 Å². The molecule has 0 aliphatic heterocycles. The normalized spacial score (nSPS) is 12.6. The Morgan fingerprint density at radius 1 is 1.03 bits per heavy atom. The summed E-state index contributed by atoms with van der Waals surface area (Å²) < 4.78 is 26.7. The fourth-order valence-electron chi connectivity index (χ4n) is 3.20. The fourth-order valence-corrected chi connectivity index (χ4v) is 5.33. The maximum absolute atomic E-state index is 12.6. The molecule has 8 heteroatoms. The van der Waals surface area contributed by atoms with Crippen molar-refractivity contribution in [2.24, 2.45) is 5.10 Å². The second kappa shape index (κ2) is 9.94. The summed E-state index contributed by atoms with van der Waals surface area (Å²) in [5, 5.41) is 6.87. The van der Waals surface area contributed by atoms with Crippen molar-refractivity contribution >= 4 is 32.7 Å². The molecule has 0 fully saturated rings. The summed E-state index contributed by atoms with van der Waals surface area (Å²) in [7, 11) is -3.46. The molecule has 1 aromatic heterocycles. The van der Waals surface area contributed by atoms with Crippen molar-refractivity contribution in [3.05, 3.63) is 65.0 Å². The summed E-state index contributed by atoms with van der Waals surface area (Å²) in [6, 6.07) is 15.2. The lowest BCUT2D eigenvalue weighted by atomic mass is 9.87. The quantitative estimate of drug-likeness (QED) is 0.344. The summed E-state index contributed by atoms with van der Waals surface area (Å²) in [6.07, 6.45) is 1.76. The van der Waals surface area contributed by atoms with E-state index in [0.29, 0.717) is 23.1 Å². The smallest absolute Gasteiger partial charge is 0.243 e. The highest BCUT2D eigenvalue weighted by Crippen LogP contribution is 2.27. The van der Waals surface area contributed by atoms with Crippen molar-refractivity contribution in [3.8, 4) is 11.3 Å². The van der Waals surface area contributed by atoms with Crippen molar-refractivity contribution in [3.63, 3.8) is 0 Å². The molecule has 0 aliphatic rings. The number of aromatic nitrogens is 1. The maximum Gasteiger partial charge on any atom is 0.243 e. The molecule has 0 aliphatic carbocycles. The molecule has 0 atom stereocenters. The number of benzene rings is 2. The van der Waals surface area contributed by atoms with Gasteiger partial charge in [0.1, 0.15) is 0 Å². The van der Waals surface area contributed by atoms with Gasteiger partial charge in [0.2, 0.25) is 15.2 Å². The first-order chi connectivity index (χ1) is 15.1. The van der Waals surface area contributed by atoms with Crippen LogP contribution in [0.25, 0.3) is 11.3 Å². The van der Waals surface area contributed by atoms with Crippen molar-refractivity contribution in [2.75, 3.05) is 18.5 Å². The lowest BCUT2D eigenvalue weighted by Gasteiger charge is -2.18. The van der Waals surface area contributed by atoms with E-state index in [4.69, 9.17) is 0 Å². The SMILES string of the molecule is CCN(CC)S(=O)(=O)c1ccc(-c2csc(NN=Cc3ccc(C(C)(C)C)cc3)n2)cc1. The first-order valence-corrected chi connectivity index (χ1v) is 12.9. The van der Waals surface area contributed by atoms with Crippen LogP contribution in [0.5, 0.6) is 0 Å². The minimum absolute atomic E-state index is 0.124. The lowest BCUT2D eigenvalue weighted by Crippen LogP contribution is -2.30. The molecule has 1 N–H and O–H groups in total. The van der Waals surface area contributed by atoms with Crippen molar-refractivity contribution < 1.29 is 8.42 Å². The Kier molecular flexibility index (Phi) is 7.48. The third-order valence-electron chi connectivity index (χ3n) is 5.15. The van der Waals surface area contributed by atoms with Crippen molar-refractivity contribution in [1.82, 2.24) is 9.29 Å². The van der Waals surface area contributed by atoms with Gasteiger partial charge >= 0.3 is 0 Å². The number of anilines is 1. The monoisotopic (exact) mass is 470 g/mol. The van der Waals surface area contributed by atoms with Crippen molar-refractivity contribution in [2.45, 2.75) is 44.9 Å². The predicted molar refractivity (Wildman–Crippen MR) is 134 cm³/mol. The molecular formula is C24H30N4O2S2. The third-order valence-corrected chi connectivity index (χ3v) is 7.96. The fraction of sp³-hybridized carbons (Fsp3) is 0.333. The molecule has 0 saturated carbocycles. The third kappa shape index (κ3) is 5.62. The summed E-state index contributed by atoms with van der Waals surface area (Å²) in [6.45, 7) is 11.1. The van der Waals surface area contributed by atoms with E-state index in [-0.39, 0.29) is 5.41 Å². The summed E-state index contributed by atoms with van der Waals surface area (Å²) >= 11 is 1.44. The van der Waals surface area contributed by atoms with Crippen LogP contribution in [0.4, 0.5) is 5.13 Å². The first-order valence-electron chi connectivity index (χ1n) is 10.6. The number of sulfonamides is 1. The molecule has 0 bridgehead atoms. The number of nitrogens with one attached hydrogen (secondary N) is 1. The zero-order valence-electron chi connectivity index (χ0n) is 19.2. The van der Waals surface area contributed by atoms with Gasteiger partial charge in [0.25, 0.3) is 0 Å². The zero-order valence-corrected chi connectivity index (χ0v) is 20.8. The summed E-state index contributed by atoms with van der Waals surface area (Å²) in [5.41, 5.74) is 7.01. The molecule has 32 heavy (non-hydrogen) atoms. The second-order valence-electron chi connectivity index (χ2n) is 8.39. The molecule has 3 aromatic rings. The molecule has 0 spiro atoms. The topological polar surface area (TPSA) is 74.7 Å². The number of hydrazone groups is 1. The van der Waals surface area contributed by atoms with E-state index in [2.05, 4.69) is 48.4 Å². The standard InChI is InChI=1S/C24H30N4O2S2/c1-6-28(7-2)32(29,30)21-14-10-19(11-15-21)22-17-31-23(26-22)27-25-16-18-8-12-20(13-9-18)24(3,4)5/h8-17H,6-7H2,1-5H3,(H,26,27). The van der Waals surface area contributed by atoms with Gasteiger partial charge in [-0.25, -0.2) is 13.4 Å². The highest BCUT2D eigenvalue weighted by Gasteiger charge is 2.21. The van der Waals surface area contributed by atoms with Gasteiger partial charge in [-0.3, -0.25) is 5.43 Å². The Balaban J connectivity index is 1.66. The number of rotatable bonds is 8. The number of hydrogen-bond acceptors (Lipinski definition) is 6. The van der Waals surface area contributed by atoms with E-state index in [9.17, 15) is 8.42 Å².